The van der Waals surface area contributed by atoms with Crippen molar-refractivity contribution in [2.24, 2.45) is 0 Å². The minimum Gasteiger partial charge on any atom is -0.441 e. The van der Waals surface area contributed by atoms with Crippen LogP contribution in [0.2, 0.25) is 0 Å². The number of thiocarbonyl (C=S) groups is 1. The Hall–Kier alpha value is -1.62. The van der Waals surface area contributed by atoms with Crippen LogP contribution in [0.3, 0.4) is 0 Å². The topological polar surface area (TPSA) is 50.1 Å². The Morgan fingerprint density at radius 1 is 1.41 bits per heavy atom. The average Bonchev–Trinajstić information content (AvgIpc) is 2.55. The summed E-state index contributed by atoms with van der Waals surface area (Å²) in [5, 5.41) is 6.84. The molecular weight excluding hydrogens is 234 g/mol. The quantitative estimate of drug-likeness (QED) is 0.801. The van der Waals surface area contributed by atoms with Gasteiger partial charge in [0.15, 0.2) is 16.6 Å². The molecule has 0 spiro atoms. The highest BCUT2D eigenvalue weighted by atomic mass is 32.1. The first-order chi connectivity index (χ1) is 8.04. The second-order valence-electron chi connectivity index (χ2n) is 4.17. The molecule has 0 unspecified atom stereocenters. The molecule has 0 fully saturated rings. The van der Waals surface area contributed by atoms with Crippen molar-refractivity contribution in [1.82, 2.24) is 10.3 Å². The number of aryl methyl sites for hydroxylation is 1. The van der Waals surface area contributed by atoms with Gasteiger partial charge in [-0.25, -0.2) is 4.98 Å². The number of nitrogens with zero attached hydrogens (tertiary/aromatic N) is 1. The summed E-state index contributed by atoms with van der Waals surface area (Å²) in [5.74, 6) is 0.667. The lowest BCUT2D eigenvalue weighted by atomic mass is 10.3. The minimum absolute atomic E-state index is 0.313. The SMILES string of the molecule is Cc1nc2cc(NC(=S)NC(C)C)ccc2o1. The molecule has 0 saturated carbocycles. The molecule has 0 aliphatic carbocycles. The van der Waals surface area contributed by atoms with E-state index in [2.05, 4.69) is 15.6 Å². The van der Waals surface area contributed by atoms with Crippen LogP contribution >= 0.6 is 12.2 Å². The van der Waals surface area contributed by atoms with Gasteiger partial charge in [0.25, 0.3) is 0 Å². The molecule has 0 aliphatic heterocycles. The third kappa shape index (κ3) is 2.94. The zero-order valence-corrected chi connectivity index (χ0v) is 10.9. The van der Waals surface area contributed by atoms with Crippen molar-refractivity contribution < 1.29 is 4.42 Å². The van der Waals surface area contributed by atoms with Crippen LogP contribution in [0.5, 0.6) is 0 Å². The fourth-order valence-corrected chi connectivity index (χ4v) is 1.90. The summed E-state index contributed by atoms with van der Waals surface area (Å²) in [4.78, 5) is 4.27. The van der Waals surface area contributed by atoms with Gasteiger partial charge in [0, 0.05) is 18.7 Å². The van der Waals surface area contributed by atoms with Crippen LogP contribution in [0.4, 0.5) is 5.69 Å². The number of benzene rings is 1. The maximum atomic E-state index is 5.41. The summed E-state index contributed by atoms with van der Waals surface area (Å²) in [6.07, 6.45) is 0. The summed E-state index contributed by atoms with van der Waals surface area (Å²) < 4.78 is 5.41. The van der Waals surface area contributed by atoms with Crippen LogP contribution in [0.25, 0.3) is 11.1 Å². The van der Waals surface area contributed by atoms with Crippen molar-refractivity contribution in [3.8, 4) is 0 Å². The smallest absolute Gasteiger partial charge is 0.192 e. The van der Waals surface area contributed by atoms with Crippen molar-refractivity contribution in [2.45, 2.75) is 26.8 Å². The standard InChI is InChI=1S/C12H15N3OS/c1-7(2)13-12(17)15-9-4-5-11-10(6-9)14-8(3)16-11/h4-7H,1-3H3,(H2,13,15,17). The van der Waals surface area contributed by atoms with E-state index in [0.29, 0.717) is 17.0 Å². The van der Waals surface area contributed by atoms with Gasteiger partial charge in [-0.3, -0.25) is 0 Å². The normalized spacial score (nSPS) is 10.8. The number of fused-ring (bicyclic) bond motifs is 1. The van der Waals surface area contributed by atoms with Crippen LogP contribution in [-0.4, -0.2) is 16.1 Å². The summed E-state index contributed by atoms with van der Waals surface area (Å²) in [6, 6.07) is 6.03. The van der Waals surface area contributed by atoms with Crippen LogP contribution in [0, 0.1) is 6.92 Å². The molecule has 4 nitrogen and oxygen atoms in total. The molecule has 1 aromatic heterocycles. The van der Waals surface area contributed by atoms with Crippen LogP contribution < -0.4 is 10.6 Å². The molecule has 2 rings (SSSR count). The van der Waals surface area contributed by atoms with Gasteiger partial charge >= 0.3 is 0 Å². The molecule has 1 heterocycles. The monoisotopic (exact) mass is 249 g/mol. The second kappa shape index (κ2) is 4.71. The Labute approximate surface area is 105 Å². The molecule has 90 valence electrons. The molecule has 17 heavy (non-hydrogen) atoms. The maximum Gasteiger partial charge on any atom is 0.192 e. The first-order valence-electron chi connectivity index (χ1n) is 5.49. The number of rotatable bonds is 2. The van der Waals surface area contributed by atoms with E-state index >= 15 is 0 Å². The van der Waals surface area contributed by atoms with Crippen LogP contribution in [0.15, 0.2) is 22.6 Å². The molecule has 2 aromatic rings. The molecule has 2 N–H and O–H groups in total. The van der Waals surface area contributed by atoms with E-state index in [1.165, 1.54) is 0 Å². The summed E-state index contributed by atoms with van der Waals surface area (Å²) in [6.45, 7) is 5.91. The summed E-state index contributed by atoms with van der Waals surface area (Å²) in [7, 11) is 0. The van der Waals surface area contributed by atoms with Gasteiger partial charge in [0.2, 0.25) is 0 Å². The summed E-state index contributed by atoms with van der Waals surface area (Å²) >= 11 is 5.17. The van der Waals surface area contributed by atoms with Gasteiger partial charge in [-0.1, -0.05) is 0 Å². The van der Waals surface area contributed by atoms with E-state index in [4.69, 9.17) is 16.6 Å². The molecule has 0 bridgehead atoms. The van der Waals surface area contributed by atoms with E-state index in [-0.39, 0.29) is 0 Å². The predicted octanol–water partition coefficient (Wildman–Crippen LogP) is 2.83. The third-order valence-corrected chi connectivity index (χ3v) is 2.39. The van der Waals surface area contributed by atoms with Crippen LogP contribution in [-0.2, 0) is 0 Å². The van der Waals surface area contributed by atoms with Gasteiger partial charge in [-0.2, -0.15) is 0 Å². The average molecular weight is 249 g/mol. The van der Waals surface area contributed by atoms with E-state index < -0.39 is 0 Å². The highest BCUT2D eigenvalue weighted by molar-refractivity contribution is 7.80. The zero-order valence-electron chi connectivity index (χ0n) is 10.1. The van der Waals surface area contributed by atoms with Crippen molar-refractivity contribution >= 4 is 34.1 Å². The lowest BCUT2D eigenvalue weighted by Crippen LogP contribution is -2.33. The first-order valence-corrected chi connectivity index (χ1v) is 5.90. The van der Waals surface area contributed by atoms with Gasteiger partial charge in [-0.15, -0.1) is 0 Å². The molecule has 0 aliphatic rings. The fraction of sp³-hybridized carbons (Fsp3) is 0.333. The largest absolute Gasteiger partial charge is 0.441 e. The molecular formula is C12H15N3OS. The molecule has 0 amide bonds. The molecule has 5 heteroatoms. The Morgan fingerprint density at radius 2 is 2.18 bits per heavy atom. The third-order valence-electron chi connectivity index (χ3n) is 2.17. The lowest BCUT2D eigenvalue weighted by molar-refractivity contribution is 0.561. The zero-order chi connectivity index (χ0) is 12.4. The van der Waals surface area contributed by atoms with Crippen molar-refractivity contribution in [3.63, 3.8) is 0 Å². The molecule has 1 aromatic carbocycles. The number of hydrogen-bond donors (Lipinski definition) is 2. The van der Waals surface area contributed by atoms with Crippen molar-refractivity contribution in [1.29, 1.82) is 0 Å². The number of aromatic nitrogens is 1. The van der Waals surface area contributed by atoms with Crippen molar-refractivity contribution in [3.05, 3.63) is 24.1 Å². The summed E-state index contributed by atoms with van der Waals surface area (Å²) in [5.41, 5.74) is 2.53. The predicted molar refractivity (Wildman–Crippen MR) is 73.2 cm³/mol. The highest BCUT2D eigenvalue weighted by Crippen LogP contribution is 2.19. The molecule has 0 atom stereocenters. The van der Waals surface area contributed by atoms with Crippen LogP contribution in [0.1, 0.15) is 19.7 Å². The number of nitrogens with one attached hydrogen (secondary N) is 2. The molecule has 0 saturated heterocycles. The van der Waals surface area contributed by atoms with Gasteiger partial charge in [-0.05, 0) is 44.3 Å². The fourth-order valence-electron chi connectivity index (χ4n) is 1.55. The highest BCUT2D eigenvalue weighted by Gasteiger charge is 2.04. The minimum atomic E-state index is 0.313. The number of hydrogen-bond acceptors (Lipinski definition) is 3. The number of anilines is 1. The second-order valence-corrected chi connectivity index (χ2v) is 4.58. The number of oxazole rings is 1. The van der Waals surface area contributed by atoms with Gasteiger partial charge in [0.05, 0.1) is 0 Å². The van der Waals surface area contributed by atoms with E-state index in [0.717, 1.165) is 16.8 Å². The molecule has 0 radical (unpaired) electrons. The Bertz CT molecular complexity index is 548. The van der Waals surface area contributed by atoms with Gasteiger partial charge < -0.3 is 15.1 Å². The van der Waals surface area contributed by atoms with Crippen molar-refractivity contribution in [2.75, 3.05) is 5.32 Å². The maximum absolute atomic E-state index is 5.41. The van der Waals surface area contributed by atoms with E-state index in [1.807, 2.05) is 39.0 Å². The van der Waals surface area contributed by atoms with Gasteiger partial charge in [0.1, 0.15) is 5.52 Å². The Kier molecular flexibility index (Phi) is 3.28. The Morgan fingerprint density at radius 3 is 2.88 bits per heavy atom. The Balaban J connectivity index is 2.16. The lowest BCUT2D eigenvalue weighted by Gasteiger charge is -2.12. The van der Waals surface area contributed by atoms with E-state index in [1.54, 1.807) is 0 Å². The first kappa shape index (κ1) is 11.9. The van der Waals surface area contributed by atoms with E-state index in [9.17, 15) is 0 Å².